The lowest BCUT2D eigenvalue weighted by Gasteiger charge is -2.12. The van der Waals surface area contributed by atoms with Crippen LogP contribution in [-0.4, -0.2) is 19.1 Å². The molecule has 1 N–H and O–H groups in total. The molecule has 1 aromatic rings. The van der Waals surface area contributed by atoms with Gasteiger partial charge >= 0.3 is 0 Å². The van der Waals surface area contributed by atoms with Gasteiger partial charge < -0.3 is 10.1 Å². The topological polar surface area (TPSA) is 38.3 Å². The Labute approximate surface area is 96.8 Å². The van der Waals surface area contributed by atoms with E-state index in [2.05, 4.69) is 5.32 Å². The molecule has 1 amide bonds. The first-order chi connectivity index (χ1) is 7.58. The molecule has 3 nitrogen and oxygen atoms in total. The SMILES string of the molecule is CCC(C)NC(=O)c1ccc(OC)c(C)c1. The summed E-state index contributed by atoms with van der Waals surface area (Å²) in [5.74, 6) is 0.778. The fourth-order valence-electron chi connectivity index (χ4n) is 1.43. The van der Waals surface area contributed by atoms with E-state index in [9.17, 15) is 4.79 Å². The molecule has 0 heterocycles. The fourth-order valence-corrected chi connectivity index (χ4v) is 1.43. The Morgan fingerprint density at radius 1 is 1.50 bits per heavy atom. The van der Waals surface area contributed by atoms with Crippen molar-refractivity contribution < 1.29 is 9.53 Å². The van der Waals surface area contributed by atoms with Crippen LogP contribution in [0.2, 0.25) is 0 Å². The van der Waals surface area contributed by atoms with Crippen molar-refractivity contribution in [2.45, 2.75) is 33.2 Å². The maximum Gasteiger partial charge on any atom is 0.251 e. The maximum atomic E-state index is 11.8. The van der Waals surface area contributed by atoms with Crippen LogP contribution in [0.15, 0.2) is 18.2 Å². The van der Waals surface area contributed by atoms with Crippen LogP contribution in [0.1, 0.15) is 36.2 Å². The van der Waals surface area contributed by atoms with Gasteiger partial charge in [-0.25, -0.2) is 0 Å². The second kappa shape index (κ2) is 5.54. The van der Waals surface area contributed by atoms with Crippen molar-refractivity contribution in [3.8, 4) is 5.75 Å². The largest absolute Gasteiger partial charge is 0.496 e. The van der Waals surface area contributed by atoms with Crippen molar-refractivity contribution in [2.75, 3.05) is 7.11 Å². The number of amides is 1. The number of carbonyl (C=O) groups is 1. The van der Waals surface area contributed by atoms with Crippen molar-refractivity contribution in [2.24, 2.45) is 0 Å². The smallest absolute Gasteiger partial charge is 0.251 e. The highest BCUT2D eigenvalue weighted by atomic mass is 16.5. The summed E-state index contributed by atoms with van der Waals surface area (Å²) in [6.07, 6.45) is 0.931. The van der Waals surface area contributed by atoms with E-state index in [0.717, 1.165) is 17.7 Å². The van der Waals surface area contributed by atoms with Gasteiger partial charge in [-0.15, -0.1) is 0 Å². The van der Waals surface area contributed by atoms with E-state index in [-0.39, 0.29) is 11.9 Å². The number of benzene rings is 1. The van der Waals surface area contributed by atoms with Gasteiger partial charge in [0.2, 0.25) is 0 Å². The first kappa shape index (κ1) is 12.6. The van der Waals surface area contributed by atoms with Crippen LogP contribution < -0.4 is 10.1 Å². The minimum atomic E-state index is -0.0277. The molecule has 1 unspecified atom stereocenters. The molecule has 0 aromatic heterocycles. The van der Waals surface area contributed by atoms with Crippen LogP contribution in [0.5, 0.6) is 5.75 Å². The summed E-state index contributed by atoms with van der Waals surface area (Å²) < 4.78 is 5.15. The van der Waals surface area contributed by atoms with Crippen LogP contribution in [0, 0.1) is 6.92 Å². The third kappa shape index (κ3) is 2.99. The van der Waals surface area contributed by atoms with Gasteiger partial charge in [-0.3, -0.25) is 4.79 Å². The van der Waals surface area contributed by atoms with E-state index < -0.39 is 0 Å². The van der Waals surface area contributed by atoms with E-state index in [0.29, 0.717) is 5.56 Å². The summed E-state index contributed by atoms with van der Waals surface area (Å²) >= 11 is 0. The van der Waals surface area contributed by atoms with Crippen LogP contribution in [0.25, 0.3) is 0 Å². The lowest BCUT2D eigenvalue weighted by atomic mass is 10.1. The van der Waals surface area contributed by atoms with Crippen LogP contribution in [-0.2, 0) is 0 Å². The summed E-state index contributed by atoms with van der Waals surface area (Å²) in [4.78, 5) is 11.8. The number of rotatable bonds is 4. The molecule has 1 atom stereocenters. The molecule has 0 saturated carbocycles. The highest BCUT2D eigenvalue weighted by Gasteiger charge is 2.09. The summed E-state index contributed by atoms with van der Waals surface area (Å²) in [6.45, 7) is 5.97. The zero-order valence-electron chi connectivity index (χ0n) is 10.3. The van der Waals surface area contributed by atoms with Crippen LogP contribution in [0.3, 0.4) is 0 Å². The normalized spacial score (nSPS) is 12.0. The molecular formula is C13H19NO2. The van der Waals surface area contributed by atoms with E-state index in [4.69, 9.17) is 4.74 Å². The quantitative estimate of drug-likeness (QED) is 0.848. The van der Waals surface area contributed by atoms with Gasteiger partial charge in [-0.2, -0.15) is 0 Å². The molecule has 0 fully saturated rings. The highest BCUT2D eigenvalue weighted by molar-refractivity contribution is 5.94. The Morgan fingerprint density at radius 2 is 2.19 bits per heavy atom. The molecule has 0 saturated heterocycles. The van der Waals surface area contributed by atoms with Gasteiger partial charge in [-0.05, 0) is 44.0 Å². The standard InChI is InChI=1S/C13H19NO2/c1-5-10(3)14-13(15)11-6-7-12(16-4)9(2)8-11/h6-8,10H,5H2,1-4H3,(H,14,15). The molecule has 3 heteroatoms. The Bertz CT molecular complexity index is 374. The summed E-state index contributed by atoms with van der Waals surface area (Å²) in [5, 5.41) is 2.93. The molecule has 1 aromatic carbocycles. The van der Waals surface area contributed by atoms with Gasteiger partial charge in [0.05, 0.1) is 7.11 Å². The second-order valence-electron chi connectivity index (χ2n) is 3.97. The Kier molecular flexibility index (Phi) is 4.35. The Balaban J connectivity index is 2.81. The minimum absolute atomic E-state index is 0.0277. The number of carbonyl (C=O) groups excluding carboxylic acids is 1. The number of aryl methyl sites for hydroxylation is 1. The highest BCUT2D eigenvalue weighted by Crippen LogP contribution is 2.18. The number of ether oxygens (including phenoxy) is 1. The average Bonchev–Trinajstić information content (AvgIpc) is 2.28. The van der Waals surface area contributed by atoms with Gasteiger partial charge in [-0.1, -0.05) is 6.92 Å². The van der Waals surface area contributed by atoms with E-state index in [1.54, 1.807) is 13.2 Å². The molecule has 1 rings (SSSR count). The van der Waals surface area contributed by atoms with Gasteiger partial charge in [0.1, 0.15) is 5.75 Å². The molecule has 0 aliphatic heterocycles. The van der Waals surface area contributed by atoms with Gasteiger partial charge in [0.15, 0.2) is 0 Å². The van der Waals surface area contributed by atoms with Crippen molar-refractivity contribution in [3.05, 3.63) is 29.3 Å². The summed E-state index contributed by atoms with van der Waals surface area (Å²) in [5.41, 5.74) is 1.65. The Hall–Kier alpha value is -1.51. The van der Waals surface area contributed by atoms with Crippen molar-refractivity contribution in [1.82, 2.24) is 5.32 Å². The zero-order chi connectivity index (χ0) is 12.1. The number of hydrogen-bond donors (Lipinski definition) is 1. The first-order valence-corrected chi connectivity index (χ1v) is 5.54. The van der Waals surface area contributed by atoms with Gasteiger partial charge in [0.25, 0.3) is 5.91 Å². The zero-order valence-corrected chi connectivity index (χ0v) is 10.3. The lowest BCUT2D eigenvalue weighted by molar-refractivity contribution is 0.0939. The molecule has 0 spiro atoms. The maximum absolute atomic E-state index is 11.8. The molecule has 0 aliphatic carbocycles. The van der Waals surface area contributed by atoms with Crippen LogP contribution in [0.4, 0.5) is 0 Å². The average molecular weight is 221 g/mol. The lowest BCUT2D eigenvalue weighted by Crippen LogP contribution is -2.31. The molecular weight excluding hydrogens is 202 g/mol. The van der Waals surface area contributed by atoms with Crippen LogP contribution >= 0.6 is 0 Å². The fraction of sp³-hybridized carbons (Fsp3) is 0.462. The van der Waals surface area contributed by atoms with E-state index in [1.807, 2.05) is 32.9 Å². The van der Waals surface area contributed by atoms with Gasteiger partial charge in [0, 0.05) is 11.6 Å². The molecule has 0 radical (unpaired) electrons. The predicted molar refractivity (Wildman–Crippen MR) is 65.0 cm³/mol. The Morgan fingerprint density at radius 3 is 2.69 bits per heavy atom. The first-order valence-electron chi connectivity index (χ1n) is 5.54. The van der Waals surface area contributed by atoms with Crippen molar-refractivity contribution in [1.29, 1.82) is 0 Å². The number of methoxy groups -OCH3 is 1. The van der Waals surface area contributed by atoms with Crippen molar-refractivity contribution in [3.63, 3.8) is 0 Å². The second-order valence-corrected chi connectivity index (χ2v) is 3.97. The van der Waals surface area contributed by atoms with E-state index >= 15 is 0 Å². The molecule has 88 valence electrons. The molecule has 0 bridgehead atoms. The third-order valence-corrected chi connectivity index (χ3v) is 2.65. The number of hydrogen-bond acceptors (Lipinski definition) is 2. The van der Waals surface area contributed by atoms with Crippen molar-refractivity contribution >= 4 is 5.91 Å². The molecule has 0 aliphatic rings. The minimum Gasteiger partial charge on any atom is -0.496 e. The monoisotopic (exact) mass is 221 g/mol. The third-order valence-electron chi connectivity index (χ3n) is 2.65. The summed E-state index contributed by atoms with van der Waals surface area (Å²) in [7, 11) is 1.63. The molecule has 16 heavy (non-hydrogen) atoms. The summed E-state index contributed by atoms with van der Waals surface area (Å²) in [6, 6.07) is 5.65. The predicted octanol–water partition coefficient (Wildman–Crippen LogP) is 2.53. The number of nitrogens with one attached hydrogen (secondary N) is 1. The van der Waals surface area contributed by atoms with E-state index in [1.165, 1.54) is 0 Å².